The molecule has 0 saturated carbocycles. The van der Waals surface area contributed by atoms with Gasteiger partial charge in [-0.1, -0.05) is 6.07 Å². The Balaban J connectivity index is 2.82. The number of benzene rings is 1. The number of carbonyl (C=O) groups excluding carboxylic acids is 2. The number of nitrogens with zero attached hydrogens (tertiary/aromatic N) is 1. The predicted octanol–water partition coefficient (Wildman–Crippen LogP) is 1.33. The van der Waals surface area contributed by atoms with Crippen LogP contribution in [0.3, 0.4) is 0 Å². The van der Waals surface area contributed by atoms with Crippen LogP contribution in [0.25, 0.3) is 0 Å². The largest absolute Gasteiger partial charge is 0.339 e. The van der Waals surface area contributed by atoms with Gasteiger partial charge in [-0.15, -0.1) is 0 Å². The van der Waals surface area contributed by atoms with E-state index in [4.69, 9.17) is 0 Å². The zero-order valence-electron chi connectivity index (χ0n) is 11.7. The molecule has 5 nitrogen and oxygen atoms in total. The van der Waals surface area contributed by atoms with E-state index >= 15 is 0 Å². The van der Waals surface area contributed by atoms with Crippen molar-refractivity contribution in [2.45, 2.75) is 13.8 Å². The maximum atomic E-state index is 12.2. The van der Waals surface area contributed by atoms with Crippen LogP contribution in [0.2, 0.25) is 0 Å². The van der Waals surface area contributed by atoms with Crippen LogP contribution in [-0.2, 0) is 4.79 Å². The molecule has 0 radical (unpaired) electrons. The third-order valence-electron chi connectivity index (χ3n) is 2.78. The summed E-state index contributed by atoms with van der Waals surface area (Å²) in [4.78, 5) is 25.4. The summed E-state index contributed by atoms with van der Waals surface area (Å²) in [5.41, 5.74) is 1.23. The molecule has 0 aliphatic heterocycles. The van der Waals surface area contributed by atoms with Crippen molar-refractivity contribution >= 4 is 17.5 Å². The van der Waals surface area contributed by atoms with E-state index in [2.05, 4.69) is 10.6 Å². The van der Waals surface area contributed by atoms with Gasteiger partial charge in [-0.25, -0.2) is 0 Å². The van der Waals surface area contributed by atoms with Crippen molar-refractivity contribution in [3.63, 3.8) is 0 Å². The van der Waals surface area contributed by atoms with Gasteiger partial charge in [-0.2, -0.15) is 0 Å². The lowest BCUT2D eigenvalue weighted by molar-refractivity contribution is -0.115. The van der Waals surface area contributed by atoms with Gasteiger partial charge in [-0.3, -0.25) is 9.59 Å². The highest BCUT2D eigenvalue weighted by atomic mass is 16.2. The summed E-state index contributed by atoms with van der Waals surface area (Å²) >= 11 is 0. The summed E-state index contributed by atoms with van der Waals surface area (Å²) < 4.78 is 0. The lowest BCUT2D eigenvalue weighted by Gasteiger charge is -2.19. The molecule has 0 bridgehead atoms. The molecule has 0 aromatic heterocycles. The molecule has 0 aliphatic rings. The van der Waals surface area contributed by atoms with E-state index in [1.165, 1.54) is 0 Å². The van der Waals surface area contributed by atoms with Crippen molar-refractivity contribution in [3.05, 3.63) is 29.8 Å². The second-order valence-electron chi connectivity index (χ2n) is 4.14. The summed E-state index contributed by atoms with van der Waals surface area (Å²) in [7, 11) is 1.71. The van der Waals surface area contributed by atoms with Gasteiger partial charge < -0.3 is 15.5 Å². The van der Waals surface area contributed by atoms with Gasteiger partial charge in [0.05, 0.1) is 6.54 Å². The topological polar surface area (TPSA) is 61.4 Å². The van der Waals surface area contributed by atoms with Crippen molar-refractivity contribution < 1.29 is 9.59 Å². The molecule has 2 N–H and O–H groups in total. The molecule has 0 atom stereocenters. The minimum absolute atomic E-state index is 0.0188. The van der Waals surface area contributed by atoms with E-state index in [0.717, 1.165) is 0 Å². The van der Waals surface area contributed by atoms with Gasteiger partial charge in [0.25, 0.3) is 5.91 Å². The average Bonchev–Trinajstić information content (AvgIpc) is 2.40. The maximum absolute atomic E-state index is 12.2. The Morgan fingerprint density at radius 1 is 1.21 bits per heavy atom. The number of hydrogen-bond donors (Lipinski definition) is 2. The molecular weight excluding hydrogens is 242 g/mol. The third-order valence-corrected chi connectivity index (χ3v) is 2.78. The quantitative estimate of drug-likeness (QED) is 0.814. The number of likely N-dealkylation sites (N-methyl/N-ethyl adjacent to an activating group) is 1. The normalized spacial score (nSPS) is 10.1. The van der Waals surface area contributed by atoms with Gasteiger partial charge in [0.2, 0.25) is 5.91 Å². The minimum Gasteiger partial charge on any atom is -0.339 e. The van der Waals surface area contributed by atoms with E-state index in [1.54, 1.807) is 36.2 Å². The minimum atomic E-state index is -0.130. The molecule has 1 rings (SSSR count). The SMILES string of the molecule is CCN(CC)C(=O)c1cccc(NC(=O)CNC)c1. The Morgan fingerprint density at radius 2 is 1.89 bits per heavy atom. The molecule has 0 heterocycles. The summed E-state index contributed by atoms with van der Waals surface area (Å²) in [5, 5.41) is 5.52. The zero-order chi connectivity index (χ0) is 14.3. The fourth-order valence-corrected chi connectivity index (χ4v) is 1.79. The highest BCUT2D eigenvalue weighted by Gasteiger charge is 2.12. The van der Waals surface area contributed by atoms with Crippen LogP contribution in [0.1, 0.15) is 24.2 Å². The van der Waals surface area contributed by atoms with Crippen molar-refractivity contribution in [1.82, 2.24) is 10.2 Å². The second kappa shape index (κ2) is 7.53. The average molecular weight is 263 g/mol. The monoisotopic (exact) mass is 263 g/mol. The first-order chi connectivity index (χ1) is 9.12. The summed E-state index contributed by atoms with van der Waals surface area (Å²) in [6.45, 7) is 5.48. The number of hydrogen-bond acceptors (Lipinski definition) is 3. The van der Waals surface area contributed by atoms with Gasteiger partial charge in [-0.05, 0) is 39.1 Å². The molecule has 1 aromatic carbocycles. The van der Waals surface area contributed by atoms with E-state index in [-0.39, 0.29) is 18.4 Å². The highest BCUT2D eigenvalue weighted by molar-refractivity contribution is 5.97. The number of nitrogens with one attached hydrogen (secondary N) is 2. The highest BCUT2D eigenvalue weighted by Crippen LogP contribution is 2.12. The van der Waals surface area contributed by atoms with Crippen LogP contribution in [-0.4, -0.2) is 43.4 Å². The standard InChI is InChI=1S/C14H21N3O2/c1-4-17(5-2)14(19)11-7-6-8-12(9-11)16-13(18)10-15-3/h6-9,15H,4-5,10H2,1-3H3,(H,16,18). The van der Waals surface area contributed by atoms with E-state index in [9.17, 15) is 9.59 Å². The Labute approximate surface area is 114 Å². The first kappa shape index (κ1) is 15.2. The molecule has 2 amide bonds. The smallest absolute Gasteiger partial charge is 0.253 e. The molecule has 104 valence electrons. The van der Waals surface area contributed by atoms with Gasteiger partial charge in [0.15, 0.2) is 0 Å². The maximum Gasteiger partial charge on any atom is 0.253 e. The molecule has 0 spiro atoms. The number of anilines is 1. The summed E-state index contributed by atoms with van der Waals surface area (Å²) in [6.07, 6.45) is 0. The molecular formula is C14H21N3O2. The Kier molecular flexibility index (Phi) is 6.02. The molecule has 0 aliphatic carbocycles. The lowest BCUT2D eigenvalue weighted by atomic mass is 10.1. The Bertz CT molecular complexity index is 442. The Morgan fingerprint density at radius 3 is 2.47 bits per heavy atom. The van der Waals surface area contributed by atoms with Crippen LogP contribution < -0.4 is 10.6 Å². The van der Waals surface area contributed by atoms with Gasteiger partial charge in [0, 0.05) is 24.3 Å². The van der Waals surface area contributed by atoms with Crippen LogP contribution in [0, 0.1) is 0 Å². The first-order valence-electron chi connectivity index (χ1n) is 6.46. The Hall–Kier alpha value is -1.88. The molecule has 0 fully saturated rings. The fourth-order valence-electron chi connectivity index (χ4n) is 1.79. The first-order valence-corrected chi connectivity index (χ1v) is 6.46. The molecule has 1 aromatic rings. The van der Waals surface area contributed by atoms with E-state index in [1.807, 2.05) is 13.8 Å². The van der Waals surface area contributed by atoms with E-state index in [0.29, 0.717) is 24.3 Å². The van der Waals surface area contributed by atoms with Crippen LogP contribution >= 0.6 is 0 Å². The van der Waals surface area contributed by atoms with Gasteiger partial charge in [0.1, 0.15) is 0 Å². The predicted molar refractivity (Wildman–Crippen MR) is 76.2 cm³/mol. The van der Waals surface area contributed by atoms with Crippen LogP contribution in [0.5, 0.6) is 0 Å². The summed E-state index contributed by atoms with van der Waals surface area (Å²) in [5.74, 6) is -0.148. The molecule has 0 unspecified atom stereocenters. The van der Waals surface area contributed by atoms with E-state index < -0.39 is 0 Å². The summed E-state index contributed by atoms with van der Waals surface area (Å²) in [6, 6.07) is 7.00. The molecule has 19 heavy (non-hydrogen) atoms. The van der Waals surface area contributed by atoms with Gasteiger partial charge >= 0.3 is 0 Å². The second-order valence-corrected chi connectivity index (χ2v) is 4.14. The molecule has 5 heteroatoms. The number of amides is 2. The van der Waals surface area contributed by atoms with Crippen molar-refractivity contribution in [2.75, 3.05) is 32.0 Å². The van der Waals surface area contributed by atoms with Crippen LogP contribution in [0.4, 0.5) is 5.69 Å². The third kappa shape index (κ3) is 4.37. The lowest BCUT2D eigenvalue weighted by Crippen LogP contribution is -2.30. The zero-order valence-corrected chi connectivity index (χ0v) is 11.7. The van der Waals surface area contributed by atoms with Crippen LogP contribution in [0.15, 0.2) is 24.3 Å². The van der Waals surface area contributed by atoms with Crippen molar-refractivity contribution in [3.8, 4) is 0 Å². The molecule has 0 saturated heterocycles. The van der Waals surface area contributed by atoms with Crippen molar-refractivity contribution in [1.29, 1.82) is 0 Å². The number of rotatable bonds is 6. The number of carbonyl (C=O) groups is 2. The fraction of sp³-hybridized carbons (Fsp3) is 0.429. The van der Waals surface area contributed by atoms with Crippen molar-refractivity contribution in [2.24, 2.45) is 0 Å².